The molecule has 0 saturated heterocycles. The van der Waals surface area contributed by atoms with Crippen LogP contribution in [0, 0.1) is 13.8 Å². The number of amides is 2. The summed E-state index contributed by atoms with van der Waals surface area (Å²) in [7, 11) is 0. The number of urea groups is 1. The highest BCUT2D eigenvalue weighted by atomic mass is 16.2. The van der Waals surface area contributed by atoms with Gasteiger partial charge in [-0.15, -0.1) is 0 Å². The van der Waals surface area contributed by atoms with E-state index in [4.69, 9.17) is 0 Å². The normalized spacial score (nSPS) is 10.8. The smallest absolute Gasteiger partial charge is 0.319 e. The number of aromatic nitrogens is 3. The molecule has 118 valence electrons. The number of pyridine rings is 1. The molecule has 6 nitrogen and oxygen atoms in total. The van der Waals surface area contributed by atoms with Gasteiger partial charge < -0.3 is 10.6 Å². The van der Waals surface area contributed by atoms with Gasteiger partial charge in [-0.25, -0.2) is 4.79 Å². The third-order valence-corrected chi connectivity index (χ3v) is 3.45. The molecule has 0 spiro atoms. The summed E-state index contributed by atoms with van der Waals surface area (Å²) < 4.78 is 1.92. The van der Waals surface area contributed by atoms with Crippen molar-refractivity contribution in [1.82, 2.24) is 20.1 Å². The van der Waals surface area contributed by atoms with Crippen LogP contribution in [0.25, 0.3) is 0 Å². The van der Waals surface area contributed by atoms with E-state index in [2.05, 4.69) is 34.6 Å². The van der Waals surface area contributed by atoms with Gasteiger partial charge in [0.15, 0.2) is 0 Å². The maximum atomic E-state index is 12.0. The molecule has 0 fully saturated rings. The number of aryl methyl sites for hydroxylation is 1. The fraction of sp³-hybridized carbons (Fsp3) is 0.438. The van der Waals surface area contributed by atoms with Crippen LogP contribution in [-0.2, 0) is 6.42 Å². The zero-order valence-corrected chi connectivity index (χ0v) is 13.6. The van der Waals surface area contributed by atoms with Crippen LogP contribution < -0.4 is 10.6 Å². The molecular formula is C16H23N5O. The maximum absolute atomic E-state index is 12.0. The number of rotatable bonds is 5. The molecule has 2 rings (SSSR count). The summed E-state index contributed by atoms with van der Waals surface area (Å²) in [6.07, 6.45) is 2.46. The Morgan fingerprint density at radius 1 is 1.32 bits per heavy atom. The van der Waals surface area contributed by atoms with Crippen molar-refractivity contribution in [2.45, 2.75) is 40.2 Å². The molecule has 2 N–H and O–H groups in total. The van der Waals surface area contributed by atoms with E-state index < -0.39 is 0 Å². The molecule has 0 aliphatic rings. The molecule has 2 amide bonds. The molecule has 0 aromatic carbocycles. The molecule has 2 heterocycles. The van der Waals surface area contributed by atoms with Gasteiger partial charge in [0.1, 0.15) is 0 Å². The van der Waals surface area contributed by atoms with E-state index in [0.717, 1.165) is 22.8 Å². The van der Waals surface area contributed by atoms with Crippen LogP contribution >= 0.6 is 0 Å². The maximum Gasteiger partial charge on any atom is 0.319 e. The second-order valence-electron chi connectivity index (χ2n) is 5.54. The lowest BCUT2D eigenvalue weighted by Gasteiger charge is -2.10. The van der Waals surface area contributed by atoms with Crippen molar-refractivity contribution in [2.24, 2.45) is 0 Å². The van der Waals surface area contributed by atoms with Gasteiger partial charge in [0.05, 0.1) is 17.1 Å². The molecule has 22 heavy (non-hydrogen) atoms. The quantitative estimate of drug-likeness (QED) is 0.892. The Labute approximate surface area is 130 Å². The van der Waals surface area contributed by atoms with Crippen LogP contribution in [0.2, 0.25) is 0 Å². The predicted molar refractivity (Wildman–Crippen MR) is 87.0 cm³/mol. The molecule has 0 radical (unpaired) electrons. The van der Waals surface area contributed by atoms with Gasteiger partial charge in [0.2, 0.25) is 0 Å². The zero-order chi connectivity index (χ0) is 16.1. The van der Waals surface area contributed by atoms with Crippen molar-refractivity contribution in [3.05, 3.63) is 41.5 Å². The highest BCUT2D eigenvalue weighted by Crippen LogP contribution is 2.22. The molecule has 2 aromatic rings. The number of anilines is 1. The Morgan fingerprint density at radius 2 is 2.09 bits per heavy atom. The lowest BCUT2D eigenvalue weighted by atomic mass is 10.3. The van der Waals surface area contributed by atoms with Crippen molar-refractivity contribution in [3.63, 3.8) is 0 Å². The zero-order valence-electron chi connectivity index (χ0n) is 13.6. The third kappa shape index (κ3) is 3.84. The van der Waals surface area contributed by atoms with Gasteiger partial charge in [0, 0.05) is 30.9 Å². The summed E-state index contributed by atoms with van der Waals surface area (Å²) in [4.78, 5) is 16.2. The van der Waals surface area contributed by atoms with Gasteiger partial charge in [-0.1, -0.05) is 6.07 Å². The van der Waals surface area contributed by atoms with E-state index >= 15 is 0 Å². The van der Waals surface area contributed by atoms with Crippen molar-refractivity contribution in [3.8, 4) is 0 Å². The minimum absolute atomic E-state index is 0.217. The number of hydrogen-bond donors (Lipinski definition) is 2. The van der Waals surface area contributed by atoms with E-state index in [0.29, 0.717) is 13.0 Å². The van der Waals surface area contributed by atoms with Crippen LogP contribution in [0.1, 0.15) is 37.0 Å². The van der Waals surface area contributed by atoms with Gasteiger partial charge in [0.25, 0.3) is 0 Å². The first-order valence-electron chi connectivity index (χ1n) is 7.49. The lowest BCUT2D eigenvalue weighted by molar-refractivity contribution is 0.252. The largest absolute Gasteiger partial charge is 0.337 e. The molecule has 0 unspecified atom stereocenters. The van der Waals surface area contributed by atoms with E-state index in [-0.39, 0.29) is 12.1 Å². The monoisotopic (exact) mass is 301 g/mol. The Kier molecular flexibility index (Phi) is 5.14. The van der Waals surface area contributed by atoms with Crippen molar-refractivity contribution >= 4 is 11.7 Å². The first kappa shape index (κ1) is 16.0. The van der Waals surface area contributed by atoms with Gasteiger partial charge >= 0.3 is 6.03 Å². The van der Waals surface area contributed by atoms with E-state index in [1.165, 1.54) is 0 Å². The molecule has 0 atom stereocenters. The Hall–Kier alpha value is -2.37. The fourth-order valence-electron chi connectivity index (χ4n) is 2.35. The highest BCUT2D eigenvalue weighted by molar-refractivity contribution is 5.90. The number of hydrogen-bond acceptors (Lipinski definition) is 3. The average molecular weight is 301 g/mol. The first-order valence-corrected chi connectivity index (χ1v) is 7.49. The number of nitrogens with zero attached hydrogens (tertiary/aromatic N) is 3. The average Bonchev–Trinajstić information content (AvgIpc) is 2.76. The van der Waals surface area contributed by atoms with Crippen LogP contribution in [0.5, 0.6) is 0 Å². The van der Waals surface area contributed by atoms with Crippen molar-refractivity contribution < 1.29 is 4.79 Å². The van der Waals surface area contributed by atoms with Gasteiger partial charge in [-0.3, -0.25) is 9.67 Å². The highest BCUT2D eigenvalue weighted by Gasteiger charge is 2.15. The molecule has 0 aliphatic carbocycles. The summed E-state index contributed by atoms with van der Waals surface area (Å²) in [5.74, 6) is 0. The number of nitrogens with one attached hydrogen (secondary N) is 2. The number of carbonyl (C=O) groups is 1. The van der Waals surface area contributed by atoms with E-state index in [1.54, 1.807) is 6.20 Å². The topological polar surface area (TPSA) is 71.8 Å². The Morgan fingerprint density at radius 3 is 2.68 bits per heavy atom. The van der Waals surface area contributed by atoms with E-state index in [1.807, 2.05) is 36.7 Å². The Bertz CT molecular complexity index is 633. The van der Waals surface area contributed by atoms with Crippen LogP contribution in [0.3, 0.4) is 0 Å². The minimum Gasteiger partial charge on any atom is -0.337 e. The third-order valence-electron chi connectivity index (χ3n) is 3.45. The Balaban J connectivity index is 1.90. The molecule has 2 aromatic heterocycles. The second-order valence-corrected chi connectivity index (χ2v) is 5.54. The molecule has 6 heteroatoms. The van der Waals surface area contributed by atoms with Gasteiger partial charge in [-0.05, 0) is 39.8 Å². The molecular weight excluding hydrogens is 278 g/mol. The summed E-state index contributed by atoms with van der Waals surface area (Å²) in [6, 6.07) is 5.81. The summed E-state index contributed by atoms with van der Waals surface area (Å²) in [5.41, 5.74) is 3.53. The van der Waals surface area contributed by atoms with Crippen molar-refractivity contribution in [2.75, 3.05) is 11.9 Å². The molecule has 0 saturated carbocycles. The predicted octanol–water partition coefficient (Wildman–Crippen LogP) is 2.84. The minimum atomic E-state index is -0.217. The first-order chi connectivity index (χ1) is 10.5. The number of carbonyl (C=O) groups excluding carboxylic acids is 1. The molecule has 0 bridgehead atoms. The summed E-state index contributed by atoms with van der Waals surface area (Å²) in [5, 5.41) is 10.2. The standard InChI is InChI=1S/C16H23N5O/c1-11(2)21-13(4)15(12(3)20-21)19-16(22)18-10-8-14-7-5-6-9-17-14/h5-7,9,11H,8,10H2,1-4H3,(H2,18,19,22). The van der Waals surface area contributed by atoms with Crippen molar-refractivity contribution in [1.29, 1.82) is 0 Å². The lowest BCUT2D eigenvalue weighted by Crippen LogP contribution is -2.31. The van der Waals surface area contributed by atoms with Crippen LogP contribution in [-0.4, -0.2) is 27.3 Å². The van der Waals surface area contributed by atoms with Crippen LogP contribution in [0.15, 0.2) is 24.4 Å². The fourth-order valence-corrected chi connectivity index (χ4v) is 2.35. The summed E-state index contributed by atoms with van der Waals surface area (Å²) in [6.45, 7) is 8.53. The molecule has 0 aliphatic heterocycles. The van der Waals surface area contributed by atoms with Gasteiger partial charge in [-0.2, -0.15) is 5.10 Å². The van der Waals surface area contributed by atoms with Crippen LogP contribution in [0.4, 0.5) is 10.5 Å². The SMILES string of the molecule is Cc1nn(C(C)C)c(C)c1NC(=O)NCCc1ccccn1. The summed E-state index contributed by atoms with van der Waals surface area (Å²) >= 11 is 0. The van der Waals surface area contributed by atoms with E-state index in [9.17, 15) is 4.79 Å². The second kappa shape index (κ2) is 7.06.